The minimum atomic E-state index is -0.244. The molecule has 0 saturated heterocycles. The molecule has 0 aromatic carbocycles. The van der Waals surface area contributed by atoms with Crippen molar-refractivity contribution in [2.24, 2.45) is 0 Å². The molecule has 0 saturated carbocycles. The molecule has 0 aliphatic carbocycles. The van der Waals surface area contributed by atoms with Crippen LogP contribution < -0.4 is 10.3 Å². The zero-order chi connectivity index (χ0) is 13.0. The van der Waals surface area contributed by atoms with Crippen molar-refractivity contribution in [3.05, 3.63) is 40.4 Å². The average molecular weight is 251 g/mol. The normalized spacial score (nSPS) is 10.6. The summed E-state index contributed by atoms with van der Waals surface area (Å²) in [5.74, 6) is 1.06. The van der Waals surface area contributed by atoms with Crippen LogP contribution in [-0.2, 0) is 17.9 Å². The predicted molar refractivity (Wildman–Crippen MR) is 61.4 cm³/mol. The molecule has 0 N–H and O–H groups in total. The van der Waals surface area contributed by atoms with Crippen LogP contribution in [0.25, 0.3) is 0 Å². The van der Waals surface area contributed by atoms with E-state index in [0.717, 1.165) is 0 Å². The molecule has 0 bridgehead atoms. The van der Waals surface area contributed by atoms with E-state index in [2.05, 4.69) is 10.1 Å². The van der Waals surface area contributed by atoms with Gasteiger partial charge >= 0.3 is 0 Å². The van der Waals surface area contributed by atoms with Gasteiger partial charge in [-0.3, -0.25) is 4.79 Å². The molecule has 0 atom stereocenters. The number of nitrogens with zero attached hydrogens (tertiary/aromatic N) is 3. The van der Waals surface area contributed by atoms with E-state index >= 15 is 0 Å². The van der Waals surface area contributed by atoms with E-state index in [1.807, 2.05) is 0 Å². The molecule has 0 radical (unpaired) electrons. The van der Waals surface area contributed by atoms with Crippen LogP contribution in [0.1, 0.15) is 11.7 Å². The van der Waals surface area contributed by atoms with E-state index in [1.54, 1.807) is 25.4 Å². The van der Waals surface area contributed by atoms with E-state index in [1.165, 1.54) is 11.7 Å². The van der Waals surface area contributed by atoms with Gasteiger partial charge in [0.15, 0.2) is 11.6 Å². The lowest BCUT2D eigenvalue weighted by atomic mass is 10.4. The molecule has 2 aromatic rings. The Morgan fingerprint density at radius 3 is 3.00 bits per heavy atom. The van der Waals surface area contributed by atoms with Crippen molar-refractivity contribution in [3.63, 3.8) is 0 Å². The Balaban J connectivity index is 2.20. The summed E-state index contributed by atoms with van der Waals surface area (Å²) in [6.45, 7) is 0.475. The van der Waals surface area contributed by atoms with Gasteiger partial charge in [0, 0.05) is 13.3 Å². The van der Waals surface area contributed by atoms with Crippen molar-refractivity contribution in [1.82, 2.24) is 14.7 Å². The summed E-state index contributed by atoms with van der Waals surface area (Å²) in [6, 6.07) is 3.32. The molecule has 2 rings (SSSR count). The van der Waals surface area contributed by atoms with E-state index in [4.69, 9.17) is 14.0 Å². The van der Waals surface area contributed by atoms with Crippen LogP contribution in [0.5, 0.6) is 5.75 Å². The van der Waals surface area contributed by atoms with Crippen molar-refractivity contribution >= 4 is 0 Å². The molecule has 0 amide bonds. The van der Waals surface area contributed by atoms with Gasteiger partial charge in [0.25, 0.3) is 5.56 Å². The number of hydrogen-bond acceptors (Lipinski definition) is 6. The summed E-state index contributed by atoms with van der Waals surface area (Å²) in [4.78, 5) is 15.9. The second kappa shape index (κ2) is 5.46. The monoisotopic (exact) mass is 251 g/mol. The molecule has 18 heavy (non-hydrogen) atoms. The lowest BCUT2D eigenvalue weighted by molar-refractivity contribution is 0.174. The maximum absolute atomic E-state index is 11.9. The van der Waals surface area contributed by atoms with E-state index in [9.17, 15) is 4.79 Å². The first-order valence-corrected chi connectivity index (χ1v) is 5.28. The van der Waals surface area contributed by atoms with Gasteiger partial charge in [-0.25, -0.2) is 0 Å². The third-order valence-corrected chi connectivity index (χ3v) is 2.29. The summed E-state index contributed by atoms with van der Waals surface area (Å²) in [5, 5.41) is 3.72. The van der Waals surface area contributed by atoms with Crippen LogP contribution >= 0.6 is 0 Å². The first-order valence-electron chi connectivity index (χ1n) is 5.28. The van der Waals surface area contributed by atoms with Gasteiger partial charge in [-0.05, 0) is 12.1 Å². The Bertz CT molecular complexity index is 576. The second-order valence-corrected chi connectivity index (χ2v) is 3.55. The third-order valence-electron chi connectivity index (χ3n) is 2.29. The number of methoxy groups -OCH3 is 2. The van der Waals surface area contributed by atoms with Crippen molar-refractivity contribution < 1.29 is 14.0 Å². The van der Waals surface area contributed by atoms with E-state index in [0.29, 0.717) is 11.7 Å². The van der Waals surface area contributed by atoms with Crippen LogP contribution in [-0.4, -0.2) is 28.9 Å². The highest BCUT2D eigenvalue weighted by molar-refractivity contribution is 5.17. The Morgan fingerprint density at radius 1 is 1.44 bits per heavy atom. The van der Waals surface area contributed by atoms with E-state index < -0.39 is 0 Å². The van der Waals surface area contributed by atoms with Crippen LogP contribution in [0, 0.1) is 0 Å². The van der Waals surface area contributed by atoms with Crippen molar-refractivity contribution in [1.29, 1.82) is 0 Å². The maximum atomic E-state index is 11.9. The Morgan fingerprint density at radius 2 is 2.28 bits per heavy atom. The van der Waals surface area contributed by atoms with Gasteiger partial charge in [0.2, 0.25) is 5.89 Å². The van der Waals surface area contributed by atoms with Crippen molar-refractivity contribution in [2.45, 2.75) is 13.2 Å². The maximum Gasteiger partial charge on any atom is 0.293 e. The Labute approximate surface area is 103 Å². The molecule has 0 aliphatic rings. The first kappa shape index (κ1) is 12.3. The lowest BCUT2D eigenvalue weighted by Crippen LogP contribution is -2.21. The highest BCUT2D eigenvalue weighted by atomic mass is 16.5. The number of hydrogen-bond donors (Lipinski definition) is 0. The minimum Gasteiger partial charge on any atom is -0.491 e. The average Bonchev–Trinajstić information content (AvgIpc) is 2.80. The smallest absolute Gasteiger partial charge is 0.293 e. The molecular weight excluding hydrogens is 238 g/mol. The fourth-order valence-corrected chi connectivity index (χ4v) is 1.48. The zero-order valence-corrected chi connectivity index (χ0v) is 10.1. The highest BCUT2D eigenvalue weighted by Gasteiger charge is 2.09. The molecule has 2 heterocycles. The molecule has 0 unspecified atom stereocenters. The first-order chi connectivity index (χ1) is 8.74. The minimum absolute atomic E-state index is 0.201. The van der Waals surface area contributed by atoms with Crippen LogP contribution in [0.3, 0.4) is 0 Å². The van der Waals surface area contributed by atoms with Gasteiger partial charge in [0.1, 0.15) is 13.2 Å². The standard InChI is InChI=1S/C11H13N3O4/c1-16-7-9-12-10(18-13-9)6-14-5-3-4-8(17-2)11(14)15/h3-5H,6-7H2,1-2H3. The van der Waals surface area contributed by atoms with Gasteiger partial charge < -0.3 is 18.6 Å². The summed E-state index contributed by atoms with van der Waals surface area (Å²) < 4.78 is 16.3. The lowest BCUT2D eigenvalue weighted by Gasteiger charge is -2.03. The fraction of sp³-hybridized carbons (Fsp3) is 0.364. The molecule has 7 nitrogen and oxygen atoms in total. The quantitative estimate of drug-likeness (QED) is 0.767. The largest absolute Gasteiger partial charge is 0.491 e. The SMILES string of the molecule is COCc1noc(Cn2cccc(OC)c2=O)n1. The number of aromatic nitrogens is 3. The van der Waals surface area contributed by atoms with Gasteiger partial charge in [-0.2, -0.15) is 4.98 Å². The highest BCUT2D eigenvalue weighted by Crippen LogP contribution is 2.04. The molecule has 2 aromatic heterocycles. The molecule has 0 aliphatic heterocycles. The Hall–Kier alpha value is -2.15. The molecule has 96 valence electrons. The van der Waals surface area contributed by atoms with Gasteiger partial charge in [-0.1, -0.05) is 5.16 Å². The molecule has 0 spiro atoms. The molecule has 7 heteroatoms. The number of pyridine rings is 1. The van der Waals surface area contributed by atoms with Crippen molar-refractivity contribution in [3.8, 4) is 5.75 Å². The molecule has 0 fully saturated rings. The van der Waals surface area contributed by atoms with Crippen LogP contribution in [0.4, 0.5) is 0 Å². The predicted octanol–water partition coefficient (Wildman–Crippen LogP) is 0.435. The summed E-state index contributed by atoms with van der Waals surface area (Å²) >= 11 is 0. The van der Waals surface area contributed by atoms with E-state index in [-0.39, 0.29) is 24.5 Å². The number of rotatable bonds is 5. The second-order valence-electron chi connectivity index (χ2n) is 3.55. The summed E-state index contributed by atoms with van der Waals surface area (Å²) in [5.41, 5.74) is -0.244. The van der Waals surface area contributed by atoms with Crippen LogP contribution in [0.2, 0.25) is 0 Å². The third kappa shape index (κ3) is 2.57. The summed E-state index contributed by atoms with van der Waals surface area (Å²) in [7, 11) is 2.99. The Kier molecular flexibility index (Phi) is 3.73. The van der Waals surface area contributed by atoms with Gasteiger partial charge in [0.05, 0.1) is 7.11 Å². The summed E-state index contributed by atoms with van der Waals surface area (Å²) in [6.07, 6.45) is 1.63. The van der Waals surface area contributed by atoms with Crippen LogP contribution in [0.15, 0.2) is 27.6 Å². The van der Waals surface area contributed by atoms with Gasteiger partial charge in [-0.15, -0.1) is 0 Å². The zero-order valence-electron chi connectivity index (χ0n) is 10.1. The topological polar surface area (TPSA) is 79.4 Å². The van der Waals surface area contributed by atoms with Crippen molar-refractivity contribution in [2.75, 3.05) is 14.2 Å². The molecular formula is C11H13N3O4. The fourth-order valence-electron chi connectivity index (χ4n) is 1.48. The number of ether oxygens (including phenoxy) is 2.